The number of rotatable bonds is 6. The fraction of sp³-hybridized carbons (Fsp3) is 0.235. The summed E-state index contributed by atoms with van der Waals surface area (Å²) in [6.45, 7) is 3.96. The van der Waals surface area contributed by atoms with E-state index in [0.717, 1.165) is 24.4 Å². The van der Waals surface area contributed by atoms with Gasteiger partial charge in [-0.25, -0.2) is 0 Å². The zero-order valence-electron chi connectivity index (χ0n) is 11.9. The van der Waals surface area contributed by atoms with Crippen LogP contribution < -0.4 is 5.32 Å². The molecule has 108 valence electrons. The van der Waals surface area contributed by atoms with Gasteiger partial charge < -0.3 is 5.32 Å². The molecule has 0 heterocycles. The third-order valence-corrected chi connectivity index (χ3v) is 4.45. The van der Waals surface area contributed by atoms with E-state index in [2.05, 4.69) is 42.6 Å². The van der Waals surface area contributed by atoms with Gasteiger partial charge in [0.15, 0.2) is 0 Å². The Morgan fingerprint density at radius 1 is 1.24 bits per heavy atom. The number of hydrogen-bond donors (Lipinski definition) is 1. The zero-order chi connectivity index (χ0) is 15.1. The standard InChI is InChI=1S/C17H17ClN2S/c1-2-20-11-14-4-3-5-16(8-14)21-12-15-7-6-13(10-19)9-17(15)18/h3-9,20H,2,11-12H2,1H3. The Labute approximate surface area is 135 Å². The molecular formula is C17H17ClN2S. The lowest BCUT2D eigenvalue weighted by Gasteiger charge is -2.07. The minimum absolute atomic E-state index is 0.599. The molecule has 4 heteroatoms. The van der Waals surface area contributed by atoms with Crippen LogP contribution in [0.2, 0.25) is 5.02 Å². The van der Waals surface area contributed by atoms with E-state index in [-0.39, 0.29) is 0 Å². The molecule has 0 aliphatic heterocycles. The minimum Gasteiger partial charge on any atom is -0.313 e. The van der Waals surface area contributed by atoms with Crippen molar-refractivity contribution in [3.05, 3.63) is 64.2 Å². The highest BCUT2D eigenvalue weighted by atomic mass is 35.5. The molecule has 0 unspecified atom stereocenters. The van der Waals surface area contributed by atoms with Gasteiger partial charge in [-0.15, -0.1) is 11.8 Å². The van der Waals surface area contributed by atoms with Gasteiger partial charge in [-0.05, 0) is 41.9 Å². The second-order valence-electron chi connectivity index (χ2n) is 4.63. The molecule has 0 atom stereocenters. The van der Waals surface area contributed by atoms with Crippen molar-refractivity contribution in [2.24, 2.45) is 0 Å². The third kappa shape index (κ3) is 4.78. The van der Waals surface area contributed by atoms with Crippen LogP contribution in [0.15, 0.2) is 47.4 Å². The van der Waals surface area contributed by atoms with Gasteiger partial charge in [0, 0.05) is 22.2 Å². The lowest BCUT2D eigenvalue weighted by molar-refractivity contribution is 0.725. The number of thioether (sulfide) groups is 1. The van der Waals surface area contributed by atoms with Crippen molar-refractivity contribution in [3.63, 3.8) is 0 Å². The lowest BCUT2D eigenvalue weighted by atomic mass is 10.2. The molecule has 0 aliphatic carbocycles. The van der Waals surface area contributed by atoms with E-state index in [0.29, 0.717) is 10.6 Å². The van der Waals surface area contributed by atoms with Gasteiger partial charge in [0.25, 0.3) is 0 Å². The minimum atomic E-state index is 0.599. The Kier molecular flexibility index (Phi) is 6.13. The Morgan fingerprint density at radius 2 is 2.10 bits per heavy atom. The third-order valence-electron chi connectivity index (χ3n) is 3.05. The molecule has 2 nitrogen and oxygen atoms in total. The molecule has 2 rings (SSSR count). The Bertz CT molecular complexity index is 649. The number of nitriles is 1. The summed E-state index contributed by atoms with van der Waals surface area (Å²) >= 11 is 7.95. The summed E-state index contributed by atoms with van der Waals surface area (Å²) in [5.74, 6) is 0.801. The van der Waals surface area contributed by atoms with Crippen LogP contribution in [0.1, 0.15) is 23.6 Å². The van der Waals surface area contributed by atoms with Crippen LogP contribution in [0, 0.1) is 11.3 Å². The number of halogens is 1. The number of hydrogen-bond acceptors (Lipinski definition) is 3. The van der Waals surface area contributed by atoms with Gasteiger partial charge in [0.2, 0.25) is 0 Å². The van der Waals surface area contributed by atoms with Crippen molar-refractivity contribution in [1.29, 1.82) is 5.26 Å². The lowest BCUT2D eigenvalue weighted by Crippen LogP contribution is -2.11. The summed E-state index contributed by atoms with van der Waals surface area (Å²) < 4.78 is 0. The Balaban J connectivity index is 2.01. The monoisotopic (exact) mass is 316 g/mol. The van der Waals surface area contributed by atoms with E-state index < -0.39 is 0 Å². The van der Waals surface area contributed by atoms with E-state index in [1.165, 1.54) is 10.5 Å². The van der Waals surface area contributed by atoms with Crippen molar-refractivity contribution in [2.45, 2.75) is 24.1 Å². The van der Waals surface area contributed by atoms with Gasteiger partial charge in [-0.2, -0.15) is 5.26 Å². The molecule has 2 aromatic carbocycles. The fourth-order valence-electron chi connectivity index (χ4n) is 1.91. The van der Waals surface area contributed by atoms with E-state index >= 15 is 0 Å². The van der Waals surface area contributed by atoms with Gasteiger partial charge in [0.1, 0.15) is 0 Å². The summed E-state index contributed by atoms with van der Waals surface area (Å²) in [5, 5.41) is 12.8. The first-order chi connectivity index (χ1) is 10.2. The predicted molar refractivity (Wildman–Crippen MR) is 89.6 cm³/mol. The maximum Gasteiger partial charge on any atom is 0.0992 e. The highest BCUT2D eigenvalue weighted by molar-refractivity contribution is 7.98. The Hall–Kier alpha value is -1.47. The van der Waals surface area contributed by atoms with Crippen molar-refractivity contribution in [3.8, 4) is 6.07 Å². The maximum atomic E-state index is 8.84. The normalized spacial score (nSPS) is 10.3. The summed E-state index contributed by atoms with van der Waals surface area (Å²) in [6, 6.07) is 16.1. The van der Waals surface area contributed by atoms with Crippen LogP contribution in [0.25, 0.3) is 0 Å². The molecule has 0 radical (unpaired) electrons. The van der Waals surface area contributed by atoms with Gasteiger partial charge >= 0.3 is 0 Å². The van der Waals surface area contributed by atoms with Gasteiger partial charge in [-0.3, -0.25) is 0 Å². The van der Waals surface area contributed by atoms with Crippen LogP contribution in [0.4, 0.5) is 0 Å². The largest absolute Gasteiger partial charge is 0.313 e. The summed E-state index contributed by atoms with van der Waals surface area (Å²) in [7, 11) is 0. The fourth-order valence-corrected chi connectivity index (χ4v) is 3.22. The highest BCUT2D eigenvalue weighted by Gasteiger charge is 2.04. The highest BCUT2D eigenvalue weighted by Crippen LogP contribution is 2.27. The van der Waals surface area contributed by atoms with Crippen LogP contribution in [0.3, 0.4) is 0 Å². The summed E-state index contributed by atoms with van der Waals surface area (Å²) in [4.78, 5) is 1.23. The number of nitrogens with one attached hydrogen (secondary N) is 1. The number of nitrogens with zero attached hydrogens (tertiary/aromatic N) is 1. The maximum absolute atomic E-state index is 8.84. The second-order valence-corrected chi connectivity index (χ2v) is 6.09. The van der Waals surface area contributed by atoms with E-state index in [1.54, 1.807) is 17.8 Å². The smallest absolute Gasteiger partial charge is 0.0992 e. The van der Waals surface area contributed by atoms with Crippen molar-refractivity contribution in [1.82, 2.24) is 5.32 Å². The predicted octanol–water partition coefficient (Wildman–Crippen LogP) is 4.61. The first-order valence-electron chi connectivity index (χ1n) is 6.84. The van der Waals surface area contributed by atoms with E-state index in [9.17, 15) is 0 Å². The molecule has 0 amide bonds. The van der Waals surface area contributed by atoms with Gasteiger partial charge in [0.05, 0.1) is 11.6 Å². The molecule has 0 fully saturated rings. The Morgan fingerprint density at radius 3 is 2.81 bits per heavy atom. The molecular weight excluding hydrogens is 300 g/mol. The quantitative estimate of drug-likeness (QED) is 0.790. The topological polar surface area (TPSA) is 35.8 Å². The number of benzene rings is 2. The van der Waals surface area contributed by atoms with Crippen LogP contribution in [-0.2, 0) is 12.3 Å². The average molecular weight is 317 g/mol. The molecule has 0 saturated heterocycles. The van der Waals surface area contributed by atoms with Crippen LogP contribution in [0.5, 0.6) is 0 Å². The average Bonchev–Trinajstić information content (AvgIpc) is 2.52. The van der Waals surface area contributed by atoms with Gasteiger partial charge in [-0.1, -0.05) is 36.7 Å². The second kappa shape index (κ2) is 8.09. The van der Waals surface area contributed by atoms with Crippen molar-refractivity contribution < 1.29 is 0 Å². The molecule has 0 saturated carbocycles. The van der Waals surface area contributed by atoms with Crippen molar-refractivity contribution >= 4 is 23.4 Å². The zero-order valence-corrected chi connectivity index (χ0v) is 13.5. The first kappa shape index (κ1) is 15.9. The first-order valence-corrected chi connectivity index (χ1v) is 8.20. The molecule has 0 aliphatic rings. The van der Waals surface area contributed by atoms with E-state index in [4.69, 9.17) is 16.9 Å². The molecule has 0 spiro atoms. The molecule has 21 heavy (non-hydrogen) atoms. The van der Waals surface area contributed by atoms with Crippen LogP contribution in [-0.4, -0.2) is 6.54 Å². The molecule has 0 aromatic heterocycles. The summed E-state index contributed by atoms with van der Waals surface area (Å²) in [5.41, 5.74) is 2.94. The molecule has 1 N–H and O–H groups in total. The van der Waals surface area contributed by atoms with Crippen LogP contribution >= 0.6 is 23.4 Å². The molecule has 2 aromatic rings. The van der Waals surface area contributed by atoms with E-state index in [1.807, 2.05) is 12.1 Å². The SMILES string of the molecule is CCNCc1cccc(SCc2ccc(C#N)cc2Cl)c1. The van der Waals surface area contributed by atoms with Crippen molar-refractivity contribution in [2.75, 3.05) is 6.54 Å². The summed E-state index contributed by atoms with van der Waals surface area (Å²) in [6.07, 6.45) is 0. The molecule has 0 bridgehead atoms.